The van der Waals surface area contributed by atoms with Crippen LogP contribution in [0, 0.1) is 0 Å². The van der Waals surface area contributed by atoms with Crippen molar-refractivity contribution < 1.29 is 4.74 Å². The summed E-state index contributed by atoms with van der Waals surface area (Å²) >= 11 is 0. The van der Waals surface area contributed by atoms with E-state index in [1.54, 1.807) is 25.6 Å². The maximum absolute atomic E-state index is 5.57. The number of hydrogen-bond acceptors (Lipinski definition) is 6. The van der Waals surface area contributed by atoms with Crippen molar-refractivity contribution in [3.05, 3.63) is 36.2 Å². The van der Waals surface area contributed by atoms with Gasteiger partial charge in [0.2, 0.25) is 11.8 Å². The number of nitrogen functional groups attached to an aromatic ring is 1. The van der Waals surface area contributed by atoms with Gasteiger partial charge in [0.15, 0.2) is 0 Å². The molecule has 0 amide bonds. The fraction of sp³-hybridized carbons (Fsp3) is 0.250. The van der Waals surface area contributed by atoms with Gasteiger partial charge in [-0.2, -0.15) is 9.97 Å². The second-order valence-electron chi connectivity index (χ2n) is 3.69. The minimum absolute atomic E-state index is 0.195. The summed E-state index contributed by atoms with van der Waals surface area (Å²) < 4.78 is 5.02. The minimum Gasteiger partial charge on any atom is -0.481 e. The highest BCUT2D eigenvalue weighted by atomic mass is 16.5. The van der Waals surface area contributed by atoms with E-state index in [9.17, 15) is 0 Å². The average Bonchev–Trinajstić information content (AvgIpc) is 2.39. The molecule has 2 heterocycles. The summed E-state index contributed by atoms with van der Waals surface area (Å²) in [4.78, 5) is 12.0. The van der Waals surface area contributed by atoms with E-state index in [0.29, 0.717) is 11.7 Å². The van der Waals surface area contributed by atoms with E-state index >= 15 is 0 Å². The number of aromatic nitrogens is 3. The van der Waals surface area contributed by atoms with Crippen LogP contribution < -0.4 is 15.8 Å². The molecule has 0 fully saturated rings. The Morgan fingerprint density at radius 1 is 1.28 bits per heavy atom. The highest BCUT2D eigenvalue weighted by Gasteiger charge is 2.01. The molecular formula is C12H15N5O. The van der Waals surface area contributed by atoms with E-state index in [-0.39, 0.29) is 5.95 Å². The summed E-state index contributed by atoms with van der Waals surface area (Å²) in [6.45, 7) is 0.754. The predicted octanol–water partition coefficient (Wildman–Crippen LogP) is 1.12. The number of nitrogens with zero attached hydrogens (tertiary/aromatic N) is 3. The van der Waals surface area contributed by atoms with E-state index in [2.05, 4.69) is 20.3 Å². The first-order chi connectivity index (χ1) is 8.78. The van der Waals surface area contributed by atoms with Crippen molar-refractivity contribution in [2.24, 2.45) is 0 Å². The zero-order valence-electron chi connectivity index (χ0n) is 10.1. The van der Waals surface area contributed by atoms with Gasteiger partial charge in [-0.05, 0) is 24.1 Å². The lowest BCUT2D eigenvalue weighted by Crippen LogP contribution is -2.08. The van der Waals surface area contributed by atoms with Gasteiger partial charge < -0.3 is 15.8 Å². The van der Waals surface area contributed by atoms with E-state index in [4.69, 9.17) is 10.5 Å². The number of ether oxygens (including phenoxy) is 1. The van der Waals surface area contributed by atoms with Crippen LogP contribution in [0.5, 0.6) is 5.88 Å². The zero-order valence-corrected chi connectivity index (χ0v) is 10.1. The first kappa shape index (κ1) is 12.1. The number of nitrogens with one attached hydrogen (secondary N) is 1. The zero-order chi connectivity index (χ0) is 12.8. The summed E-state index contributed by atoms with van der Waals surface area (Å²) in [6, 6.07) is 5.68. The van der Waals surface area contributed by atoms with Gasteiger partial charge in [0.05, 0.1) is 7.11 Å². The molecule has 6 heteroatoms. The van der Waals surface area contributed by atoms with E-state index < -0.39 is 0 Å². The molecule has 0 atom stereocenters. The second kappa shape index (κ2) is 5.81. The van der Waals surface area contributed by atoms with Crippen LogP contribution in [0.3, 0.4) is 0 Å². The Kier molecular flexibility index (Phi) is 3.90. The number of rotatable bonds is 5. The van der Waals surface area contributed by atoms with Crippen LogP contribution in [0.25, 0.3) is 0 Å². The molecule has 0 saturated heterocycles. The third-order valence-corrected chi connectivity index (χ3v) is 2.40. The van der Waals surface area contributed by atoms with Crippen molar-refractivity contribution in [3.63, 3.8) is 0 Å². The van der Waals surface area contributed by atoms with Crippen molar-refractivity contribution in [1.82, 2.24) is 15.0 Å². The lowest BCUT2D eigenvalue weighted by molar-refractivity contribution is 0.398. The lowest BCUT2D eigenvalue weighted by atomic mass is 10.2. The molecule has 0 bridgehead atoms. The van der Waals surface area contributed by atoms with Crippen molar-refractivity contribution in [1.29, 1.82) is 0 Å². The monoisotopic (exact) mass is 245 g/mol. The molecule has 0 aliphatic heterocycles. The molecule has 2 aromatic rings. The van der Waals surface area contributed by atoms with Crippen molar-refractivity contribution in [2.45, 2.75) is 6.42 Å². The number of pyridine rings is 1. The molecule has 0 aliphatic carbocycles. The normalized spacial score (nSPS) is 10.1. The topological polar surface area (TPSA) is 86.0 Å². The quantitative estimate of drug-likeness (QED) is 0.820. The molecule has 94 valence electrons. The van der Waals surface area contributed by atoms with Crippen molar-refractivity contribution in [3.8, 4) is 5.88 Å². The SMILES string of the molecule is COc1cc(NCCc2ccncc2)nc(N)n1. The number of anilines is 2. The molecule has 18 heavy (non-hydrogen) atoms. The summed E-state index contributed by atoms with van der Waals surface area (Å²) in [5.74, 6) is 1.31. The van der Waals surface area contributed by atoms with Crippen LogP contribution in [0.1, 0.15) is 5.56 Å². The Hall–Kier alpha value is -2.37. The third kappa shape index (κ3) is 3.31. The van der Waals surface area contributed by atoms with E-state index in [0.717, 1.165) is 13.0 Å². The van der Waals surface area contributed by atoms with Crippen molar-refractivity contribution >= 4 is 11.8 Å². The fourth-order valence-electron chi connectivity index (χ4n) is 1.52. The molecular weight excluding hydrogens is 230 g/mol. The maximum atomic E-state index is 5.57. The molecule has 0 radical (unpaired) electrons. The molecule has 2 rings (SSSR count). The van der Waals surface area contributed by atoms with Crippen LogP contribution in [-0.4, -0.2) is 28.6 Å². The van der Waals surface area contributed by atoms with Gasteiger partial charge in [0, 0.05) is 25.0 Å². The summed E-state index contributed by atoms with van der Waals surface area (Å²) in [7, 11) is 1.54. The highest BCUT2D eigenvalue weighted by molar-refractivity contribution is 5.42. The molecule has 2 aromatic heterocycles. The predicted molar refractivity (Wildman–Crippen MR) is 69.4 cm³/mol. The van der Waals surface area contributed by atoms with Crippen LogP contribution in [0.2, 0.25) is 0 Å². The van der Waals surface area contributed by atoms with E-state index in [1.807, 2.05) is 12.1 Å². The molecule has 0 unspecified atom stereocenters. The lowest BCUT2D eigenvalue weighted by Gasteiger charge is -2.07. The minimum atomic E-state index is 0.195. The standard InChI is InChI=1S/C12H15N5O/c1-18-11-8-10(16-12(13)17-11)15-7-4-9-2-5-14-6-3-9/h2-3,5-6,8H,4,7H2,1H3,(H3,13,15,16,17). The largest absolute Gasteiger partial charge is 0.481 e. The fourth-order valence-corrected chi connectivity index (χ4v) is 1.52. The van der Waals surface area contributed by atoms with E-state index in [1.165, 1.54) is 5.56 Å². The summed E-state index contributed by atoms with van der Waals surface area (Å²) in [5, 5.41) is 3.18. The summed E-state index contributed by atoms with van der Waals surface area (Å²) in [6.07, 6.45) is 4.44. The van der Waals surface area contributed by atoms with Gasteiger partial charge in [0.25, 0.3) is 0 Å². The van der Waals surface area contributed by atoms with Gasteiger partial charge in [-0.25, -0.2) is 0 Å². The van der Waals surface area contributed by atoms with Crippen LogP contribution in [0.15, 0.2) is 30.6 Å². The Balaban J connectivity index is 1.92. The Labute approximate surface area is 105 Å². The smallest absolute Gasteiger partial charge is 0.225 e. The van der Waals surface area contributed by atoms with Gasteiger partial charge in [-0.1, -0.05) is 0 Å². The van der Waals surface area contributed by atoms with Crippen LogP contribution in [-0.2, 0) is 6.42 Å². The highest BCUT2D eigenvalue weighted by Crippen LogP contribution is 2.13. The first-order valence-corrected chi connectivity index (χ1v) is 5.59. The van der Waals surface area contributed by atoms with Gasteiger partial charge in [-0.3, -0.25) is 4.98 Å². The Bertz CT molecular complexity index is 503. The molecule has 0 saturated carbocycles. The second-order valence-corrected chi connectivity index (χ2v) is 3.69. The first-order valence-electron chi connectivity index (χ1n) is 5.59. The van der Waals surface area contributed by atoms with Crippen molar-refractivity contribution in [2.75, 3.05) is 24.7 Å². The molecule has 3 N–H and O–H groups in total. The van der Waals surface area contributed by atoms with Gasteiger partial charge >= 0.3 is 0 Å². The molecule has 0 spiro atoms. The average molecular weight is 245 g/mol. The molecule has 0 aromatic carbocycles. The third-order valence-electron chi connectivity index (χ3n) is 2.40. The molecule has 0 aliphatic rings. The Morgan fingerprint density at radius 3 is 2.78 bits per heavy atom. The summed E-state index contributed by atoms with van der Waals surface area (Å²) in [5.41, 5.74) is 6.78. The van der Waals surface area contributed by atoms with Gasteiger partial charge in [0.1, 0.15) is 5.82 Å². The molecule has 6 nitrogen and oxygen atoms in total. The number of methoxy groups -OCH3 is 1. The maximum Gasteiger partial charge on any atom is 0.225 e. The Morgan fingerprint density at radius 2 is 2.06 bits per heavy atom. The van der Waals surface area contributed by atoms with Gasteiger partial charge in [-0.15, -0.1) is 0 Å². The van der Waals surface area contributed by atoms with Crippen LogP contribution in [0.4, 0.5) is 11.8 Å². The van der Waals surface area contributed by atoms with Crippen LogP contribution >= 0.6 is 0 Å². The number of hydrogen-bond donors (Lipinski definition) is 2. The number of nitrogens with two attached hydrogens (primary N) is 1.